The van der Waals surface area contributed by atoms with Crippen molar-refractivity contribution in [1.82, 2.24) is 15.2 Å². The van der Waals surface area contributed by atoms with Gasteiger partial charge >= 0.3 is 6.03 Å². The van der Waals surface area contributed by atoms with Crippen LogP contribution < -0.4 is 15.5 Å². The van der Waals surface area contributed by atoms with Gasteiger partial charge in [-0.15, -0.1) is 11.3 Å². The van der Waals surface area contributed by atoms with Crippen molar-refractivity contribution in [2.24, 2.45) is 0 Å². The summed E-state index contributed by atoms with van der Waals surface area (Å²) in [6, 6.07) is -0.218. The van der Waals surface area contributed by atoms with Crippen molar-refractivity contribution < 1.29 is 14.5 Å². The van der Waals surface area contributed by atoms with Crippen molar-refractivity contribution in [3.8, 4) is 0 Å². The van der Waals surface area contributed by atoms with Gasteiger partial charge in [0.15, 0.2) is 5.13 Å². The topological polar surface area (TPSA) is 78.8 Å². The van der Waals surface area contributed by atoms with Gasteiger partial charge in [0.1, 0.15) is 6.54 Å². The molecule has 0 bridgehead atoms. The Kier molecular flexibility index (Phi) is 8.31. The number of anilines is 1. The second-order valence-electron chi connectivity index (χ2n) is 7.15. The predicted octanol–water partition coefficient (Wildman–Crippen LogP) is 1.12. The molecule has 1 aromatic rings. The molecule has 0 aromatic carbocycles. The highest BCUT2D eigenvalue weighted by Gasteiger charge is 2.23. The summed E-state index contributed by atoms with van der Waals surface area (Å²) in [7, 11) is 0. The van der Waals surface area contributed by atoms with Crippen LogP contribution in [0.5, 0.6) is 0 Å². The Morgan fingerprint density at radius 2 is 1.92 bits per heavy atom. The molecule has 0 aliphatic rings. The summed E-state index contributed by atoms with van der Waals surface area (Å²) in [5.74, 6) is -0.229. The zero-order chi connectivity index (χ0) is 19.0. The standard InChI is InChI=1S/C17H31N5O2S/c1-7-21(8-2)9-10-22(16(24)20-17(4,5)6)11-14(23)19-15-18-13(3)12-25-15/h12H,7-11H2,1-6H3,(H,20,24)(H,18,19,23)/p+1. The molecule has 25 heavy (non-hydrogen) atoms. The van der Waals surface area contributed by atoms with Crippen molar-refractivity contribution in [2.45, 2.75) is 47.1 Å². The third-order valence-electron chi connectivity index (χ3n) is 3.70. The van der Waals surface area contributed by atoms with Crippen molar-refractivity contribution in [3.05, 3.63) is 11.1 Å². The molecule has 0 atom stereocenters. The zero-order valence-corrected chi connectivity index (χ0v) is 17.0. The Morgan fingerprint density at radius 1 is 1.28 bits per heavy atom. The number of nitrogens with zero attached hydrogens (tertiary/aromatic N) is 2. The third kappa shape index (κ3) is 8.31. The fourth-order valence-electron chi connectivity index (χ4n) is 2.29. The number of likely N-dealkylation sites (N-methyl/N-ethyl adjacent to an activating group) is 1. The first kappa shape index (κ1) is 21.4. The molecule has 0 unspecified atom stereocenters. The van der Waals surface area contributed by atoms with Crippen LogP contribution in [0.15, 0.2) is 5.38 Å². The van der Waals surface area contributed by atoms with Crippen LogP contribution in [0.3, 0.4) is 0 Å². The summed E-state index contributed by atoms with van der Waals surface area (Å²) in [5, 5.41) is 8.14. The molecule has 0 saturated heterocycles. The molecule has 0 aliphatic heterocycles. The molecule has 1 heterocycles. The van der Waals surface area contributed by atoms with Gasteiger partial charge in [-0.25, -0.2) is 9.78 Å². The molecule has 142 valence electrons. The van der Waals surface area contributed by atoms with Crippen molar-refractivity contribution in [2.75, 3.05) is 38.0 Å². The van der Waals surface area contributed by atoms with Crippen molar-refractivity contribution in [3.63, 3.8) is 0 Å². The average Bonchev–Trinajstić information content (AvgIpc) is 2.90. The predicted molar refractivity (Wildman–Crippen MR) is 102 cm³/mol. The normalized spacial score (nSPS) is 11.5. The van der Waals surface area contributed by atoms with E-state index in [2.05, 4.69) is 29.5 Å². The maximum atomic E-state index is 12.6. The second kappa shape index (κ2) is 9.72. The molecule has 0 saturated carbocycles. The van der Waals surface area contributed by atoms with Crippen LogP contribution in [-0.2, 0) is 4.79 Å². The first-order valence-electron chi connectivity index (χ1n) is 8.77. The van der Waals surface area contributed by atoms with E-state index in [4.69, 9.17) is 0 Å². The van der Waals surface area contributed by atoms with E-state index in [0.29, 0.717) is 11.7 Å². The molecule has 7 nitrogen and oxygen atoms in total. The maximum absolute atomic E-state index is 12.6. The van der Waals surface area contributed by atoms with Crippen LogP contribution in [0.1, 0.15) is 40.3 Å². The van der Waals surface area contributed by atoms with E-state index < -0.39 is 0 Å². The molecule has 0 radical (unpaired) electrons. The highest BCUT2D eigenvalue weighted by Crippen LogP contribution is 2.14. The summed E-state index contributed by atoms with van der Waals surface area (Å²) in [6.07, 6.45) is 0. The first-order valence-corrected chi connectivity index (χ1v) is 9.65. The molecule has 8 heteroatoms. The number of urea groups is 1. The largest absolute Gasteiger partial charge is 0.334 e. The van der Waals surface area contributed by atoms with Gasteiger partial charge < -0.3 is 20.4 Å². The van der Waals surface area contributed by atoms with E-state index in [-0.39, 0.29) is 24.0 Å². The zero-order valence-electron chi connectivity index (χ0n) is 16.2. The fraction of sp³-hybridized carbons (Fsp3) is 0.706. The van der Waals surface area contributed by atoms with Crippen LogP contribution in [-0.4, -0.2) is 60.1 Å². The number of hydrogen-bond acceptors (Lipinski definition) is 4. The minimum atomic E-state index is -0.347. The van der Waals surface area contributed by atoms with E-state index in [1.165, 1.54) is 16.2 Å². The Morgan fingerprint density at radius 3 is 2.40 bits per heavy atom. The van der Waals surface area contributed by atoms with Gasteiger partial charge in [0.05, 0.1) is 31.9 Å². The van der Waals surface area contributed by atoms with E-state index in [0.717, 1.165) is 25.3 Å². The van der Waals surface area contributed by atoms with Gasteiger partial charge in [-0.3, -0.25) is 4.79 Å². The smallest absolute Gasteiger partial charge is 0.318 e. The van der Waals surface area contributed by atoms with Gasteiger partial charge in [-0.2, -0.15) is 0 Å². The van der Waals surface area contributed by atoms with Crippen molar-refractivity contribution >= 4 is 28.4 Å². The summed E-state index contributed by atoms with van der Waals surface area (Å²) < 4.78 is 0. The Hall–Kier alpha value is -1.67. The van der Waals surface area contributed by atoms with Gasteiger partial charge in [0.2, 0.25) is 5.91 Å². The highest BCUT2D eigenvalue weighted by molar-refractivity contribution is 7.13. The molecule has 3 N–H and O–H groups in total. The minimum absolute atomic E-state index is 0.0151. The lowest BCUT2D eigenvalue weighted by Crippen LogP contribution is -3.12. The summed E-state index contributed by atoms with van der Waals surface area (Å²) in [6.45, 7) is 15.3. The van der Waals surface area contributed by atoms with E-state index >= 15 is 0 Å². The molecular formula is C17H32N5O2S+. The number of amides is 3. The lowest BCUT2D eigenvalue weighted by Gasteiger charge is -2.29. The molecule has 1 aromatic heterocycles. The summed E-state index contributed by atoms with van der Waals surface area (Å²) in [5.41, 5.74) is 0.521. The van der Waals surface area contributed by atoms with Crippen LogP contribution >= 0.6 is 11.3 Å². The van der Waals surface area contributed by atoms with E-state index in [1.807, 2.05) is 33.1 Å². The number of carbonyl (C=O) groups excluding carboxylic acids is 2. The quantitative estimate of drug-likeness (QED) is 0.642. The molecule has 1 rings (SSSR count). The number of carbonyl (C=O) groups is 2. The molecular weight excluding hydrogens is 338 g/mol. The third-order valence-corrected chi connectivity index (χ3v) is 4.58. The van der Waals surface area contributed by atoms with Gasteiger partial charge in [-0.1, -0.05) is 0 Å². The fourth-order valence-corrected chi connectivity index (χ4v) is 3.00. The van der Waals surface area contributed by atoms with Gasteiger partial charge in [0, 0.05) is 10.9 Å². The van der Waals surface area contributed by atoms with Crippen LogP contribution in [0.25, 0.3) is 0 Å². The number of aryl methyl sites for hydroxylation is 1. The summed E-state index contributed by atoms with van der Waals surface area (Å²) >= 11 is 1.38. The first-order chi connectivity index (χ1) is 11.6. The van der Waals surface area contributed by atoms with Gasteiger partial charge in [-0.05, 0) is 41.5 Å². The molecule has 0 spiro atoms. The van der Waals surface area contributed by atoms with E-state index in [9.17, 15) is 9.59 Å². The Bertz CT molecular complexity index is 564. The molecule has 3 amide bonds. The molecule has 0 fully saturated rings. The Labute approximate surface area is 154 Å². The van der Waals surface area contributed by atoms with Gasteiger partial charge in [0.25, 0.3) is 0 Å². The second-order valence-corrected chi connectivity index (χ2v) is 8.01. The highest BCUT2D eigenvalue weighted by atomic mass is 32.1. The summed E-state index contributed by atoms with van der Waals surface area (Å²) in [4.78, 5) is 32.1. The average molecular weight is 371 g/mol. The number of hydrogen-bond donors (Lipinski definition) is 3. The van der Waals surface area contributed by atoms with Crippen LogP contribution in [0, 0.1) is 6.92 Å². The Balaban J connectivity index is 2.71. The maximum Gasteiger partial charge on any atom is 0.318 e. The number of nitrogens with one attached hydrogen (secondary N) is 3. The van der Waals surface area contributed by atoms with Crippen LogP contribution in [0.4, 0.5) is 9.93 Å². The lowest BCUT2D eigenvalue weighted by atomic mass is 10.1. The van der Waals surface area contributed by atoms with Crippen molar-refractivity contribution in [1.29, 1.82) is 0 Å². The minimum Gasteiger partial charge on any atom is -0.334 e. The SMILES string of the molecule is CC[NH+](CC)CCN(CC(=O)Nc1nc(C)cs1)C(=O)NC(C)(C)C. The lowest BCUT2D eigenvalue weighted by molar-refractivity contribution is -0.895. The molecule has 0 aliphatic carbocycles. The number of rotatable bonds is 8. The number of quaternary nitrogens is 1. The number of thiazole rings is 1. The monoisotopic (exact) mass is 370 g/mol. The number of aromatic nitrogens is 1. The van der Waals surface area contributed by atoms with E-state index in [1.54, 1.807) is 4.90 Å². The van der Waals surface area contributed by atoms with Crippen LogP contribution in [0.2, 0.25) is 0 Å².